The Kier molecular flexibility index (Phi) is 4.90. The van der Waals surface area contributed by atoms with Crippen molar-refractivity contribution in [1.82, 2.24) is 10.2 Å². The Labute approximate surface area is 89.1 Å². The average Bonchev–Trinajstić information content (AvgIpc) is 2.17. The van der Waals surface area contributed by atoms with E-state index < -0.39 is 0 Å². The van der Waals surface area contributed by atoms with E-state index in [9.17, 15) is 0 Å². The van der Waals surface area contributed by atoms with Crippen LogP contribution in [0.2, 0.25) is 0 Å². The SMILES string of the molecule is CCNC1CC(C(C)C)CN(CC)C1. The van der Waals surface area contributed by atoms with Crippen LogP contribution in [-0.2, 0) is 0 Å². The minimum absolute atomic E-state index is 0.723. The molecule has 0 saturated carbocycles. The van der Waals surface area contributed by atoms with Gasteiger partial charge in [-0.3, -0.25) is 0 Å². The third kappa shape index (κ3) is 3.25. The Balaban J connectivity index is 2.47. The smallest absolute Gasteiger partial charge is 0.0198 e. The Morgan fingerprint density at radius 1 is 1.29 bits per heavy atom. The lowest BCUT2D eigenvalue weighted by molar-refractivity contribution is 0.122. The Morgan fingerprint density at radius 3 is 2.50 bits per heavy atom. The van der Waals surface area contributed by atoms with E-state index in [4.69, 9.17) is 0 Å². The monoisotopic (exact) mass is 198 g/mol. The van der Waals surface area contributed by atoms with Crippen LogP contribution >= 0.6 is 0 Å². The topological polar surface area (TPSA) is 15.3 Å². The van der Waals surface area contributed by atoms with Gasteiger partial charge in [-0.15, -0.1) is 0 Å². The molecule has 2 atom stereocenters. The zero-order valence-corrected chi connectivity index (χ0v) is 10.2. The zero-order chi connectivity index (χ0) is 10.6. The summed E-state index contributed by atoms with van der Waals surface area (Å²) in [7, 11) is 0. The lowest BCUT2D eigenvalue weighted by atomic mass is 9.85. The second kappa shape index (κ2) is 5.72. The Morgan fingerprint density at radius 2 is 2.00 bits per heavy atom. The highest BCUT2D eigenvalue weighted by atomic mass is 15.2. The van der Waals surface area contributed by atoms with E-state index in [2.05, 4.69) is 37.9 Å². The molecule has 0 spiro atoms. The second-order valence-corrected chi connectivity index (χ2v) is 4.85. The zero-order valence-electron chi connectivity index (χ0n) is 10.2. The standard InChI is InChI=1S/C12H26N2/c1-5-13-12-7-11(10(3)4)8-14(6-2)9-12/h10-13H,5-9H2,1-4H3. The number of likely N-dealkylation sites (N-methyl/N-ethyl adjacent to an activating group) is 2. The van der Waals surface area contributed by atoms with Gasteiger partial charge in [-0.1, -0.05) is 27.7 Å². The first kappa shape index (κ1) is 12.0. The maximum Gasteiger partial charge on any atom is 0.0198 e. The van der Waals surface area contributed by atoms with Gasteiger partial charge in [0, 0.05) is 19.1 Å². The predicted molar refractivity (Wildman–Crippen MR) is 62.5 cm³/mol. The first-order chi connectivity index (χ1) is 6.67. The van der Waals surface area contributed by atoms with Crippen molar-refractivity contribution in [3.63, 3.8) is 0 Å². The molecule has 1 fully saturated rings. The van der Waals surface area contributed by atoms with Gasteiger partial charge in [0.2, 0.25) is 0 Å². The summed E-state index contributed by atoms with van der Waals surface area (Å²) >= 11 is 0. The molecule has 0 aromatic heterocycles. The fourth-order valence-corrected chi connectivity index (χ4v) is 2.41. The molecule has 1 aliphatic heterocycles. The van der Waals surface area contributed by atoms with Gasteiger partial charge >= 0.3 is 0 Å². The highest BCUT2D eigenvalue weighted by Crippen LogP contribution is 2.23. The molecular weight excluding hydrogens is 172 g/mol. The van der Waals surface area contributed by atoms with Gasteiger partial charge in [0.1, 0.15) is 0 Å². The van der Waals surface area contributed by atoms with Crippen molar-refractivity contribution in [2.24, 2.45) is 11.8 Å². The fraction of sp³-hybridized carbons (Fsp3) is 1.00. The van der Waals surface area contributed by atoms with E-state index >= 15 is 0 Å². The van der Waals surface area contributed by atoms with Gasteiger partial charge in [0.15, 0.2) is 0 Å². The van der Waals surface area contributed by atoms with Crippen LogP contribution in [0.4, 0.5) is 0 Å². The number of likely N-dealkylation sites (tertiary alicyclic amines) is 1. The molecule has 1 rings (SSSR count). The highest BCUT2D eigenvalue weighted by Gasteiger charge is 2.27. The van der Waals surface area contributed by atoms with Crippen molar-refractivity contribution >= 4 is 0 Å². The molecule has 2 unspecified atom stereocenters. The summed E-state index contributed by atoms with van der Waals surface area (Å²) in [4.78, 5) is 2.58. The molecule has 84 valence electrons. The van der Waals surface area contributed by atoms with E-state index in [1.54, 1.807) is 0 Å². The molecule has 2 nitrogen and oxygen atoms in total. The van der Waals surface area contributed by atoms with Crippen LogP contribution in [0.5, 0.6) is 0 Å². The highest BCUT2D eigenvalue weighted by molar-refractivity contribution is 4.83. The summed E-state index contributed by atoms with van der Waals surface area (Å²) < 4.78 is 0. The second-order valence-electron chi connectivity index (χ2n) is 4.85. The van der Waals surface area contributed by atoms with Crippen molar-refractivity contribution in [2.45, 2.75) is 40.2 Å². The number of hydrogen-bond acceptors (Lipinski definition) is 2. The van der Waals surface area contributed by atoms with Crippen molar-refractivity contribution < 1.29 is 0 Å². The van der Waals surface area contributed by atoms with Crippen molar-refractivity contribution in [3.05, 3.63) is 0 Å². The van der Waals surface area contributed by atoms with E-state index in [1.165, 1.54) is 26.1 Å². The number of piperidine rings is 1. The van der Waals surface area contributed by atoms with Crippen LogP contribution in [0.15, 0.2) is 0 Å². The van der Waals surface area contributed by atoms with Crippen molar-refractivity contribution in [1.29, 1.82) is 0 Å². The van der Waals surface area contributed by atoms with E-state index in [0.29, 0.717) is 0 Å². The first-order valence-corrected chi connectivity index (χ1v) is 6.13. The van der Waals surface area contributed by atoms with Gasteiger partial charge in [-0.25, -0.2) is 0 Å². The quantitative estimate of drug-likeness (QED) is 0.743. The molecule has 1 heterocycles. The van der Waals surface area contributed by atoms with Crippen LogP contribution in [-0.4, -0.2) is 37.1 Å². The van der Waals surface area contributed by atoms with E-state index in [-0.39, 0.29) is 0 Å². The molecule has 0 bridgehead atoms. The molecular formula is C12H26N2. The molecule has 0 aromatic carbocycles. The summed E-state index contributed by atoms with van der Waals surface area (Å²) in [6.45, 7) is 14.0. The lowest BCUT2D eigenvalue weighted by Gasteiger charge is -2.39. The normalized spacial score (nSPS) is 29.8. The third-order valence-corrected chi connectivity index (χ3v) is 3.44. The number of nitrogens with one attached hydrogen (secondary N) is 1. The minimum Gasteiger partial charge on any atom is -0.313 e. The van der Waals surface area contributed by atoms with Crippen LogP contribution in [0, 0.1) is 11.8 Å². The van der Waals surface area contributed by atoms with Gasteiger partial charge in [0.25, 0.3) is 0 Å². The summed E-state index contributed by atoms with van der Waals surface area (Å²) in [5, 5.41) is 3.59. The minimum atomic E-state index is 0.723. The molecule has 0 aliphatic carbocycles. The molecule has 1 aliphatic rings. The maximum absolute atomic E-state index is 3.59. The van der Waals surface area contributed by atoms with E-state index in [0.717, 1.165) is 24.4 Å². The van der Waals surface area contributed by atoms with Gasteiger partial charge < -0.3 is 10.2 Å². The van der Waals surface area contributed by atoms with E-state index in [1.807, 2.05) is 0 Å². The van der Waals surface area contributed by atoms with Crippen LogP contribution in [0.25, 0.3) is 0 Å². The van der Waals surface area contributed by atoms with Crippen molar-refractivity contribution in [3.8, 4) is 0 Å². The summed E-state index contributed by atoms with van der Waals surface area (Å²) in [6, 6.07) is 0.723. The summed E-state index contributed by atoms with van der Waals surface area (Å²) in [5.74, 6) is 1.71. The largest absolute Gasteiger partial charge is 0.313 e. The van der Waals surface area contributed by atoms with Crippen molar-refractivity contribution in [2.75, 3.05) is 26.2 Å². The molecule has 14 heavy (non-hydrogen) atoms. The molecule has 0 aromatic rings. The molecule has 1 N–H and O–H groups in total. The first-order valence-electron chi connectivity index (χ1n) is 6.13. The van der Waals surface area contributed by atoms with Crippen LogP contribution in [0.1, 0.15) is 34.1 Å². The number of nitrogens with zero attached hydrogens (tertiary/aromatic N) is 1. The number of rotatable bonds is 4. The molecule has 0 amide bonds. The summed E-state index contributed by atoms with van der Waals surface area (Å²) in [5.41, 5.74) is 0. The van der Waals surface area contributed by atoms with Gasteiger partial charge in [0.05, 0.1) is 0 Å². The molecule has 2 heteroatoms. The Bertz CT molecular complexity index is 156. The lowest BCUT2D eigenvalue weighted by Crippen LogP contribution is -2.50. The Hall–Kier alpha value is -0.0800. The third-order valence-electron chi connectivity index (χ3n) is 3.44. The van der Waals surface area contributed by atoms with Gasteiger partial charge in [-0.2, -0.15) is 0 Å². The van der Waals surface area contributed by atoms with Crippen LogP contribution < -0.4 is 5.32 Å². The van der Waals surface area contributed by atoms with Gasteiger partial charge in [-0.05, 0) is 31.3 Å². The predicted octanol–water partition coefficient (Wildman–Crippen LogP) is 1.96. The molecule has 0 radical (unpaired) electrons. The van der Waals surface area contributed by atoms with Crippen LogP contribution in [0.3, 0.4) is 0 Å². The summed E-state index contributed by atoms with van der Waals surface area (Å²) in [6.07, 6.45) is 1.36. The fourth-order valence-electron chi connectivity index (χ4n) is 2.41. The maximum atomic E-state index is 3.59. The molecule has 1 saturated heterocycles. The average molecular weight is 198 g/mol. The number of hydrogen-bond donors (Lipinski definition) is 1.